The van der Waals surface area contributed by atoms with Gasteiger partial charge in [0.15, 0.2) is 0 Å². The molecule has 0 aliphatic rings. The van der Waals surface area contributed by atoms with Gasteiger partial charge in [0.1, 0.15) is 23.1 Å². The van der Waals surface area contributed by atoms with Crippen molar-refractivity contribution in [1.29, 1.82) is 10.5 Å². The van der Waals surface area contributed by atoms with E-state index in [2.05, 4.69) is 0 Å². The molecule has 2 aromatic carbocycles. The second kappa shape index (κ2) is 5.51. The molecule has 0 amide bonds. The lowest BCUT2D eigenvalue weighted by Crippen LogP contribution is -1.93. The van der Waals surface area contributed by atoms with Crippen LogP contribution in [0.25, 0.3) is 0 Å². The molecular weight excluding hydrogens is 258 g/mol. The average molecular weight is 265 g/mol. The van der Waals surface area contributed by atoms with Crippen LogP contribution in [0.2, 0.25) is 0 Å². The minimum Gasteiger partial charge on any atom is -0.457 e. The summed E-state index contributed by atoms with van der Waals surface area (Å²) in [5.41, 5.74) is 0.156. The van der Waals surface area contributed by atoms with E-state index in [9.17, 15) is 10.1 Å². The van der Waals surface area contributed by atoms with Crippen molar-refractivity contribution in [3.63, 3.8) is 0 Å². The van der Waals surface area contributed by atoms with E-state index in [1.807, 2.05) is 6.07 Å². The van der Waals surface area contributed by atoms with Crippen LogP contribution in [0.4, 0.5) is 5.69 Å². The summed E-state index contributed by atoms with van der Waals surface area (Å²) < 4.78 is 5.44. The van der Waals surface area contributed by atoms with E-state index in [0.717, 1.165) is 0 Å². The fourth-order valence-electron chi connectivity index (χ4n) is 1.55. The first-order valence-corrected chi connectivity index (χ1v) is 5.50. The van der Waals surface area contributed by atoms with Crippen molar-refractivity contribution in [3.8, 4) is 23.6 Å². The molecule has 0 aromatic heterocycles. The minimum absolute atomic E-state index is 0.0258. The predicted molar refractivity (Wildman–Crippen MR) is 69.0 cm³/mol. The van der Waals surface area contributed by atoms with Crippen molar-refractivity contribution in [2.45, 2.75) is 0 Å². The molecule has 20 heavy (non-hydrogen) atoms. The smallest absolute Gasteiger partial charge is 0.290 e. The van der Waals surface area contributed by atoms with Crippen molar-refractivity contribution in [2.24, 2.45) is 0 Å². The summed E-state index contributed by atoms with van der Waals surface area (Å²) in [6.45, 7) is 0. The van der Waals surface area contributed by atoms with Crippen LogP contribution in [0.3, 0.4) is 0 Å². The van der Waals surface area contributed by atoms with E-state index >= 15 is 0 Å². The molecule has 0 radical (unpaired) electrons. The maximum atomic E-state index is 10.8. The number of hydrogen-bond donors (Lipinski definition) is 0. The number of nitro benzene ring substituents is 1. The first kappa shape index (κ1) is 13.1. The summed E-state index contributed by atoms with van der Waals surface area (Å²) in [5.74, 6) is 0.698. The van der Waals surface area contributed by atoms with Crippen LogP contribution < -0.4 is 4.74 Å². The molecule has 0 N–H and O–H groups in total. The van der Waals surface area contributed by atoms with Gasteiger partial charge in [0.05, 0.1) is 22.6 Å². The number of hydrogen-bond acceptors (Lipinski definition) is 5. The highest BCUT2D eigenvalue weighted by Crippen LogP contribution is 2.28. The lowest BCUT2D eigenvalue weighted by molar-refractivity contribution is -0.385. The van der Waals surface area contributed by atoms with Gasteiger partial charge in [-0.1, -0.05) is 0 Å². The van der Waals surface area contributed by atoms with Crippen molar-refractivity contribution < 1.29 is 9.66 Å². The van der Waals surface area contributed by atoms with Gasteiger partial charge in [-0.3, -0.25) is 10.1 Å². The van der Waals surface area contributed by atoms with Gasteiger partial charge in [-0.2, -0.15) is 10.5 Å². The van der Waals surface area contributed by atoms with E-state index in [-0.39, 0.29) is 17.0 Å². The molecule has 2 rings (SSSR count). The van der Waals surface area contributed by atoms with E-state index in [1.54, 1.807) is 30.3 Å². The number of ether oxygens (including phenoxy) is 1. The number of benzene rings is 2. The second-order valence-corrected chi connectivity index (χ2v) is 3.79. The monoisotopic (exact) mass is 265 g/mol. The summed E-state index contributed by atoms with van der Waals surface area (Å²) in [5, 5.41) is 28.3. The Kier molecular flexibility index (Phi) is 3.60. The highest BCUT2D eigenvalue weighted by atomic mass is 16.6. The molecule has 96 valence electrons. The van der Waals surface area contributed by atoms with Gasteiger partial charge in [0.25, 0.3) is 5.69 Å². The third-order valence-electron chi connectivity index (χ3n) is 2.51. The number of nitriles is 2. The molecule has 0 unspecified atom stereocenters. The SMILES string of the molecule is N#Cc1ccc(Oc2ccc(C#N)c([N+](=O)[O-])c2)cc1. The lowest BCUT2D eigenvalue weighted by Gasteiger charge is -2.05. The third-order valence-corrected chi connectivity index (χ3v) is 2.51. The van der Waals surface area contributed by atoms with Crippen LogP contribution in [0.15, 0.2) is 42.5 Å². The van der Waals surface area contributed by atoms with Gasteiger partial charge in [-0.15, -0.1) is 0 Å². The van der Waals surface area contributed by atoms with Crippen LogP contribution in [0.1, 0.15) is 11.1 Å². The maximum Gasteiger partial charge on any atom is 0.290 e. The minimum atomic E-state index is -0.635. The van der Waals surface area contributed by atoms with Crippen molar-refractivity contribution >= 4 is 5.69 Å². The molecule has 0 bridgehead atoms. The molecule has 6 nitrogen and oxygen atoms in total. The Morgan fingerprint density at radius 1 is 1.00 bits per heavy atom. The number of rotatable bonds is 3. The Morgan fingerprint density at radius 2 is 1.65 bits per heavy atom. The Balaban J connectivity index is 2.30. The normalized spacial score (nSPS) is 9.30. The molecule has 0 aliphatic carbocycles. The van der Waals surface area contributed by atoms with E-state index < -0.39 is 4.92 Å². The predicted octanol–water partition coefficient (Wildman–Crippen LogP) is 3.13. The van der Waals surface area contributed by atoms with Gasteiger partial charge < -0.3 is 4.74 Å². The molecular formula is C14H7N3O3. The second-order valence-electron chi connectivity index (χ2n) is 3.79. The fraction of sp³-hybridized carbons (Fsp3) is 0. The highest BCUT2D eigenvalue weighted by molar-refractivity contribution is 5.53. The average Bonchev–Trinajstić information content (AvgIpc) is 2.48. The maximum absolute atomic E-state index is 10.8. The molecule has 0 spiro atoms. The lowest BCUT2D eigenvalue weighted by atomic mass is 10.2. The quantitative estimate of drug-likeness (QED) is 0.626. The van der Waals surface area contributed by atoms with Crippen LogP contribution in [0.5, 0.6) is 11.5 Å². The molecule has 2 aromatic rings. The van der Waals surface area contributed by atoms with Gasteiger partial charge in [-0.05, 0) is 36.4 Å². The fourth-order valence-corrected chi connectivity index (χ4v) is 1.55. The Bertz CT molecular complexity index is 740. The van der Waals surface area contributed by atoms with Gasteiger partial charge in [0.2, 0.25) is 0 Å². The Labute approximate surface area is 114 Å². The molecule has 0 heterocycles. The number of nitrogens with zero attached hydrogens (tertiary/aromatic N) is 3. The van der Waals surface area contributed by atoms with E-state index in [4.69, 9.17) is 15.3 Å². The van der Waals surface area contributed by atoms with Gasteiger partial charge in [-0.25, -0.2) is 0 Å². The first-order valence-electron chi connectivity index (χ1n) is 5.50. The topological polar surface area (TPSA) is 99.9 Å². The summed E-state index contributed by atoms with van der Waals surface area (Å²) >= 11 is 0. The molecule has 0 atom stereocenters. The van der Waals surface area contributed by atoms with Crippen LogP contribution in [-0.4, -0.2) is 4.92 Å². The van der Waals surface area contributed by atoms with Crippen LogP contribution in [-0.2, 0) is 0 Å². The molecule has 0 fully saturated rings. The van der Waals surface area contributed by atoms with E-state index in [1.165, 1.54) is 18.2 Å². The highest BCUT2D eigenvalue weighted by Gasteiger charge is 2.15. The van der Waals surface area contributed by atoms with Crippen molar-refractivity contribution in [3.05, 3.63) is 63.7 Å². The zero-order chi connectivity index (χ0) is 14.5. The van der Waals surface area contributed by atoms with Crippen molar-refractivity contribution in [1.82, 2.24) is 0 Å². The third kappa shape index (κ3) is 2.71. The number of nitro groups is 1. The Hall–Kier alpha value is -3.38. The molecule has 6 heteroatoms. The summed E-state index contributed by atoms with van der Waals surface area (Å²) in [7, 11) is 0. The zero-order valence-electron chi connectivity index (χ0n) is 10.1. The van der Waals surface area contributed by atoms with Gasteiger partial charge in [0, 0.05) is 0 Å². The zero-order valence-corrected chi connectivity index (χ0v) is 10.1. The summed E-state index contributed by atoms with van der Waals surface area (Å²) in [4.78, 5) is 10.2. The molecule has 0 saturated heterocycles. The van der Waals surface area contributed by atoms with E-state index in [0.29, 0.717) is 11.3 Å². The van der Waals surface area contributed by atoms with Crippen LogP contribution in [0, 0.1) is 32.8 Å². The molecule has 0 saturated carbocycles. The Morgan fingerprint density at radius 3 is 2.20 bits per heavy atom. The summed E-state index contributed by atoms with van der Waals surface area (Å²) in [6, 6.07) is 14.0. The standard InChI is InChI=1S/C14H7N3O3/c15-8-10-1-4-12(5-2-10)20-13-6-3-11(9-16)14(7-13)17(18)19/h1-7H. The first-order chi connectivity index (χ1) is 9.63. The van der Waals surface area contributed by atoms with Crippen LogP contribution >= 0.6 is 0 Å². The molecule has 0 aliphatic heterocycles. The van der Waals surface area contributed by atoms with Crippen molar-refractivity contribution in [2.75, 3.05) is 0 Å². The van der Waals surface area contributed by atoms with Gasteiger partial charge >= 0.3 is 0 Å². The summed E-state index contributed by atoms with van der Waals surface area (Å²) in [6.07, 6.45) is 0. The largest absolute Gasteiger partial charge is 0.457 e.